The first kappa shape index (κ1) is 23.3. The standard InChI is InChI=1S/C26H22ClF2N3O3/c1-2-10-26(35)13-32(21-9-7-15(29)12-18(21)26)25(34)30-20-5-3-4-16-22(20)23(31-24(16)33)17-11-14(28)6-8-19(17)27/h3-9,11-12,23,35H,2,10,13H2,1H3,(H,30,34)(H,31,33)/t23-,26-/m1/s1. The fourth-order valence-corrected chi connectivity index (χ4v) is 5.20. The number of carbonyl (C=O) groups excluding carboxylic acids is 2. The van der Waals surface area contributed by atoms with E-state index >= 15 is 0 Å². The summed E-state index contributed by atoms with van der Waals surface area (Å²) < 4.78 is 28.0. The molecule has 0 saturated carbocycles. The predicted octanol–water partition coefficient (Wildman–Crippen LogP) is 5.49. The van der Waals surface area contributed by atoms with Crippen molar-refractivity contribution in [3.8, 4) is 0 Å². The topological polar surface area (TPSA) is 81.7 Å². The van der Waals surface area contributed by atoms with Gasteiger partial charge in [-0.3, -0.25) is 9.69 Å². The van der Waals surface area contributed by atoms with Gasteiger partial charge in [-0.25, -0.2) is 13.6 Å². The Balaban J connectivity index is 1.52. The molecule has 2 heterocycles. The maximum atomic E-state index is 14.0. The lowest BCUT2D eigenvalue weighted by atomic mass is 9.91. The van der Waals surface area contributed by atoms with Gasteiger partial charge >= 0.3 is 6.03 Å². The molecule has 35 heavy (non-hydrogen) atoms. The molecule has 2 atom stereocenters. The van der Waals surface area contributed by atoms with E-state index in [2.05, 4.69) is 10.6 Å². The van der Waals surface area contributed by atoms with Crippen molar-refractivity contribution in [2.75, 3.05) is 16.8 Å². The van der Waals surface area contributed by atoms with Crippen molar-refractivity contribution in [2.45, 2.75) is 31.4 Å². The molecule has 2 aliphatic heterocycles. The lowest BCUT2D eigenvalue weighted by molar-refractivity contribution is 0.0443. The number of rotatable bonds is 4. The number of hydrogen-bond acceptors (Lipinski definition) is 3. The highest BCUT2D eigenvalue weighted by Gasteiger charge is 2.43. The smallest absolute Gasteiger partial charge is 0.326 e. The second-order valence-electron chi connectivity index (χ2n) is 8.80. The summed E-state index contributed by atoms with van der Waals surface area (Å²) in [4.78, 5) is 27.4. The van der Waals surface area contributed by atoms with E-state index in [0.29, 0.717) is 46.5 Å². The molecule has 2 aliphatic rings. The second-order valence-corrected chi connectivity index (χ2v) is 9.21. The van der Waals surface area contributed by atoms with Gasteiger partial charge in [-0.2, -0.15) is 0 Å². The molecule has 3 N–H and O–H groups in total. The number of fused-ring (bicyclic) bond motifs is 2. The van der Waals surface area contributed by atoms with Crippen molar-refractivity contribution in [2.24, 2.45) is 0 Å². The van der Waals surface area contributed by atoms with E-state index < -0.39 is 29.3 Å². The van der Waals surface area contributed by atoms with Crippen molar-refractivity contribution in [1.82, 2.24) is 5.32 Å². The summed E-state index contributed by atoms with van der Waals surface area (Å²) in [5, 5.41) is 17.1. The quantitative estimate of drug-likeness (QED) is 0.446. The molecule has 0 fully saturated rings. The highest BCUT2D eigenvalue weighted by Crippen LogP contribution is 2.43. The summed E-state index contributed by atoms with van der Waals surface area (Å²) in [6.45, 7) is 1.85. The number of nitrogens with one attached hydrogen (secondary N) is 2. The van der Waals surface area contributed by atoms with Crippen LogP contribution in [0.2, 0.25) is 5.02 Å². The summed E-state index contributed by atoms with van der Waals surface area (Å²) in [7, 11) is 0. The third-order valence-electron chi connectivity index (χ3n) is 6.50. The van der Waals surface area contributed by atoms with Crippen molar-refractivity contribution in [3.05, 3.63) is 93.5 Å². The van der Waals surface area contributed by atoms with E-state index in [9.17, 15) is 23.5 Å². The minimum atomic E-state index is -1.38. The Hall–Kier alpha value is -3.49. The SMILES string of the molecule is CCC[C@@]1(O)CN(C(=O)Nc2cccc3c2[C@@H](c2cc(F)ccc2Cl)NC3=O)c2ccc(F)cc21. The van der Waals surface area contributed by atoms with Crippen LogP contribution in [-0.2, 0) is 5.60 Å². The van der Waals surface area contributed by atoms with E-state index in [4.69, 9.17) is 11.6 Å². The summed E-state index contributed by atoms with van der Waals surface area (Å²) in [5.74, 6) is -1.38. The number of hydrogen-bond donors (Lipinski definition) is 3. The first-order chi connectivity index (χ1) is 16.7. The molecule has 0 unspecified atom stereocenters. The number of urea groups is 1. The van der Waals surface area contributed by atoms with E-state index in [1.54, 1.807) is 18.2 Å². The Labute approximate surface area is 205 Å². The van der Waals surface area contributed by atoms with Crippen molar-refractivity contribution in [3.63, 3.8) is 0 Å². The number of carbonyl (C=O) groups is 2. The van der Waals surface area contributed by atoms with Crippen molar-refractivity contribution < 1.29 is 23.5 Å². The van der Waals surface area contributed by atoms with Gasteiger partial charge in [0, 0.05) is 33.0 Å². The average molecular weight is 498 g/mol. The normalized spacial score (nSPS) is 20.4. The molecule has 6 nitrogen and oxygen atoms in total. The monoisotopic (exact) mass is 497 g/mol. The number of β-amino-alcohol motifs (C(OH)–C–C–N with tert-alkyl or cyclic N) is 1. The molecule has 5 rings (SSSR count). The fraction of sp³-hybridized carbons (Fsp3) is 0.231. The van der Waals surface area contributed by atoms with Crippen LogP contribution < -0.4 is 15.5 Å². The van der Waals surface area contributed by atoms with Crippen LogP contribution in [0.5, 0.6) is 0 Å². The molecule has 180 valence electrons. The molecule has 0 aliphatic carbocycles. The molecule has 0 radical (unpaired) electrons. The highest BCUT2D eigenvalue weighted by molar-refractivity contribution is 6.31. The first-order valence-corrected chi connectivity index (χ1v) is 11.6. The molecule has 0 bridgehead atoms. The minimum absolute atomic E-state index is 0.0448. The van der Waals surface area contributed by atoms with Crippen LogP contribution in [0.25, 0.3) is 0 Å². The Morgan fingerprint density at radius 1 is 1.20 bits per heavy atom. The number of nitrogens with zero attached hydrogens (tertiary/aromatic N) is 1. The molecule has 9 heteroatoms. The molecule has 3 amide bonds. The zero-order chi connectivity index (χ0) is 24.9. The maximum absolute atomic E-state index is 14.0. The molecule has 3 aromatic carbocycles. The van der Waals surface area contributed by atoms with Gasteiger partial charge in [-0.05, 0) is 55.0 Å². The maximum Gasteiger partial charge on any atom is 0.326 e. The van der Waals surface area contributed by atoms with Crippen LogP contribution >= 0.6 is 11.6 Å². The summed E-state index contributed by atoms with van der Waals surface area (Å²) in [6.07, 6.45) is 0.991. The van der Waals surface area contributed by atoms with Crippen LogP contribution in [0.4, 0.5) is 25.0 Å². The van der Waals surface area contributed by atoms with Gasteiger partial charge in [-0.15, -0.1) is 0 Å². The summed E-state index contributed by atoms with van der Waals surface area (Å²) in [6, 6.07) is 11.4. The zero-order valence-electron chi connectivity index (χ0n) is 18.7. The summed E-state index contributed by atoms with van der Waals surface area (Å²) >= 11 is 6.31. The number of halogens is 3. The largest absolute Gasteiger partial charge is 0.383 e. The third-order valence-corrected chi connectivity index (χ3v) is 6.85. The van der Waals surface area contributed by atoms with Crippen LogP contribution in [0.1, 0.15) is 52.9 Å². The van der Waals surface area contributed by atoms with Gasteiger partial charge in [-0.1, -0.05) is 31.0 Å². The predicted molar refractivity (Wildman–Crippen MR) is 129 cm³/mol. The van der Waals surface area contributed by atoms with E-state index in [1.807, 2.05) is 6.92 Å². The van der Waals surface area contributed by atoms with Crippen LogP contribution in [0, 0.1) is 11.6 Å². The zero-order valence-corrected chi connectivity index (χ0v) is 19.5. The Morgan fingerprint density at radius 3 is 2.71 bits per heavy atom. The third kappa shape index (κ3) is 3.92. The van der Waals surface area contributed by atoms with E-state index in [-0.39, 0.29) is 17.5 Å². The van der Waals surface area contributed by atoms with Gasteiger partial charge in [0.2, 0.25) is 0 Å². The average Bonchev–Trinajstić information content (AvgIpc) is 3.31. The van der Waals surface area contributed by atoms with Gasteiger partial charge in [0.25, 0.3) is 5.91 Å². The highest BCUT2D eigenvalue weighted by atomic mass is 35.5. The lowest BCUT2D eigenvalue weighted by Gasteiger charge is -2.24. The van der Waals surface area contributed by atoms with Crippen molar-refractivity contribution >= 4 is 34.9 Å². The minimum Gasteiger partial charge on any atom is -0.383 e. The lowest BCUT2D eigenvalue weighted by Crippen LogP contribution is -2.39. The number of anilines is 2. The van der Waals surface area contributed by atoms with E-state index in [0.717, 1.165) is 0 Å². The molecular formula is C26H22ClF2N3O3. The van der Waals surface area contributed by atoms with Gasteiger partial charge < -0.3 is 15.7 Å². The Kier molecular flexibility index (Phi) is 5.73. The van der Waals surface area contributed by atoms with Crippen LogP contribution in [0.3, 0.4) is 0 Å². The summed E-state index contributed by atoms with van der Waals surface area (Å²) in [5.41, 5.74) is 0.878. The first-order valence-electron chi connectivity index (χ1n) is 11.2. The van der Waals surface area contributed by atoms with Crippen LogP contribution in [0.15, 0.2) is 54.6 Å². The molecule has 0 spiro atoms. The second kappa shape index (κ2) is 8.62. The van der Waals surface area contributed by atoms with Gasteiger partial charge in [0.15, 0.2) is 0 Å². The number of aliphatic hydroxyl groups is 1. The molecule has 0 saturated heterocycles. The number of benzene rings is 3. The fourth-order valence-electron chi connectivity index (χ4n) is 4.97. The van der Waals surface area contributed by atoms with Crippen LogP contribution in [-0.4, -0.2) is 23.6 Å². The van der Waals surface area contributed by atoms with Crippen molar-refractivity contribution in [1.29, 1.82) is 0 Å². The van der Waals surface area contributed by atoms with E-state index in [1.165, 1.54) is 41.3 Å². The number of amides is 3. The Bertz CT molecular complexity index is 1370. The molecule has 3 aromatic rings. The Morgan fingerprint density at radius 2 is 1.94 bits per heavy atom. The van der Waals surface area contributed by atoms with Gasteiger partial charge in [0.05, 0.1) is 18.3 Å². The molecule has 0 aromatic heterocycles. The van der Waals surface area contributed by atoms with Gasteiger partial charge in [0.1, 0.15) is 17.2 Å². The molecular weight excluding hydrogens is 476 g/mol.